The van der Waals surface area contributed by atoms with Crippen LogP contribution >= 0.6 is 15.9 Å². The lowest BCUT2D eigenvalue weighted by Gasteiger charge is -2.38. The van der Waals surface area contributed by atoms with Gasteiger partial charge in [-0.3, -0.25) is 24.1 Å². The van der Waals surface area contributed by atoms with Gasteiger partial charge in [0, 0.05) is 57.1 Å². The van der Waals surface area contributed by atoms with E-state index in [2.05, 4.69) is 39.3 Å². The van der Waals surface area contributed by atoms with Crippen LogP contribution in [0, 0.1) is 11.8 Å². The SMILES string of the molecule is C=CCCC(=O)NC[C@H](C)OC(=O)[C@H]1[C@@H]2O[C@@]3(CC2Br)[C@@H]1C(=O)N(CCCCO)[C@@H]3C(=O)N(CC=C)CCN1CCOCC1. The van der Waals surface area contributed by atoms with Gasteiger partial charge in [0.1, 0.15) is 17.7 Å². The van der Waals surface area contributed by atoms with Crippen molar-refractivity contribution in [3.63, 3.8) is 0 Å². The van der Waals surface area contributed by atoms with E-state index in [-0.39, 0.29) is 42.2 Å². The highest BCUT2D eigenvalue weighted by molar-refractivity contribution is 9.09. The monoisotopic (exact) mass is 682 g/mol. The molecule has 0 radical (unpaired) electrons. The number of alkyl halides is 1. The van der Waals surface area contributed by atoms with Crippen molar-refractivity contribution < 1.29 is 38.5 Å². The van der Waals surface area contributed by atoms with Gasteiger partial charge in [-0.1, -0.05) is 28.1 Å². The Morgan fingerprint density at radius 1 is 1.23 bits per heavy atom. The molecule has 0 aromatic rings. The first kappa shape index (κ1) is 34.6. The van der Waals surface area contributed by atoms with Crippen LogP contribution in [-0.4, -0.2) is 138 Å². The van der Waals surface area contributed by atoms with Crippen LogP contribution in [0.4, 0.5) is 0 Å². The van der Waals surface area contributed by atoms with Gasteiger partial charge in [0.25, 0.3) is 0 Å². The second-order valence-electron chi connectivity index (χ2n) is 12.0. The van der Waals surface area contributed by atoms with Crippen molar-refractivity contribution in [2.45, 2.75) is 67.7 Å². The number of rotatable bonds is 17. The average Bonchev–Trinajstić information content (AvgIpc) is 3.60. The van der Waals surface area contributed by atoms with Crippen LogP contribution in [0.15, 0.2) is 25.3 Å². The number of nitrogens with zero attached hydrogens (tertiary/aromatic N) is 3. The average molecular weight is 684 g/mol. The molecule has 1 unspecified atom stereocenters. The van der Waals surface area contributed by atoms with Gasteiger partial charge in [0.05, 0.1) is 37.7 Å². The molecule has 4 rings (SSSR count). The maximum absolute atomic E-state index is 14.4. The molecule has 12 nitrogen and oxygen atoms in total. The number of esters is 1. The number of aliphatic hydroxyl groups excluding tert-OH is 1. The van der Waals surface area contributed by atoms with Gasteiger partial charge in [0.2, 0.25) is 17.7 Å². The molecule has 2 N–H and O–H groups in total. The number of carbonyl (C=O) groups excluding carboxylic acids is 4. The van der Waals surface area contributed by atoms with Gasteiger partial charge in [0.15, 0.2) is 0 Å². The Hall–Kier alpha value is -2.32. The fraction of sp³-hybridized carbons (Fsp3) is 0.742. The Kier molecular flexibility index (Phi) is 12.4. The van der Waals surface area contributed by atoms with Crippen LogP contribution in [-0.2, 0) is 33.4 Å². The minimum atomic E-state index is -1.20. The van der Waals surface area contributed by atoms with Crippen molar-refractivity contribution in [3.8, 4) is 0 Å². The lowest BCUT2D eigenvalue weighted by molar-refractivity contribution is -0.159. The molecule has 3 amide bonds. The molecular weight excluding hydrogens is 636 g/mol. The lowest BCUT2D eigenvalue weighted by Crippen LogP contribution is -2.57. The topological polar surface area (TPSA) is 138 Å². The van der Waals surface area contributed by atoms with Crippen molar-refractivity contribution in [2.24, 2.45) is 11.8 Å². The molecule has 44 heavy (non-hydrogen) atoms. The summed E-state index contributed by atoms with van der Waals surface area (Å²) in [5.74, 6) is -3.06. The van der Waals surface area contributed by atoms with Crippen LogP contribution in [0.1, 0.15) is 39.0 Å². The number of likely N-dealkylation sites (tertiary alicyclic amines) is 1. The molecule has 7 atom stereocenters. The number of morpholine rings is 1. The summed E-state index contributed by atoms with van der Waals surface area (Å²) in [6, 6.07) is -0.923. The predicted molar refractivity (Wildman–Crippen MR) is 166 cm³/mol. The Morgan fingerprint density at radius 3 is 2.66 bits per heavy atom. The number of hydrogen-bond acceptors (Lipinski definition) is 9. The van der Waals surface area contributed by atoms with E-state index < -0.39 is 41.7 Å². The number of halogens is 1. The largest absolute Gasteiger partial charge is 0.460 e. The standard InChI is InChI=1S/C31H47BrN4O8/c1-4-6-9-23(38)33-20-21(3)43-30(41)24-25-28(39)36(11-7-8-16-37)27(31(25)19-22(32)26(24)44-31)29(40)35(10-5-2)13-12-34-14-17-42-18-15-34/h4-5,21-22,24-27,37H,1-2,6-20H2,3H3,(H,33,38)/t21-,22?,24+,25-,26+,27+,31-/m0/s1. The highest BCUT2D eigenvalue weighted by atomic mass is 79.9. The zero-order valence-electron chi connectivity index (χ0n) is 25.7. The molecular formula is C31H47BrN4O8. The molecule has 4 saturated heterocycles. The van der Waals surface area contributed by atoms with E-state index in [1.807, 2.05) is 0 Å². The van der Waals surface area contributed by atoms with Gasteiger partial charge < -0.3 is 34.4 Å². The molecule has 0 aromatic heterocycles. The van der Waals surface area contributed by atoms with Crippen molar-refractivity contribution in [2.75, 3.05) is 65.6 Å². The van der Waals surface area contributed by atoms with Crippen LogP contribution in [0.3, 0.4) is 0 Å². The molecule has 4 aliphatic rings. The smallest absolute Gasteiger partial charge is 0.312 e. The Balaban J connectivity index is 1.55. The number of amides is 3. The van der Waals surface area contributed by atoms with E-state index >= 15 is 0 Å². The number of allylic oxidation sites excluding steroid dienone is 1. The summed E-state index contributed by atoms with van der Waals surface area (Å²) >= 11 is 3.69. The fourth-order valence-corrected chi connectivity index (χ4v) is 7.86. The zero-order valence-corrected chi connectivity index (χ0v) is 27.3. The number of ether oxygens (including phenoxy) is 3. The van der Waals surface area contributed by atoms with E-state index in [0.717, 1.165) is 13.1 Å². The summed E-state index contributed by atoms with van der Waals surface area (Å²) in [7, 11) is 0. The molecule has 0 saturated carbocycles. The summed E-state index contributed by atoms with van der Waals surface area (Å²) in [5, 5.41) is 12.2. The van der Waals surface area contributed by atoms with Gasteiger partial charge in [-0.05, 0) is 32.6 Å². The van der Waals surface area contributed by atoms with E-state index in [4.69, 9.17) is 14.2 Å². The van der Waals surface area contributed by atoms with Gasteiger partial charge >= 0.3 is 5.97 Å². The number of carbonyl (C=O) groups is 4. The number of fused-ring (bicyclic) bond motifs is 1. The quantitative estimate of drug-likeness (QED) is 0.0991. The molecule has 1 spiro atoms. The van der Waals surface area contributed by atoms with Gasteiger partial charge in [-0.15, -0.1) is 13.2 Å². The normalized spacial score (nSPS) is 30.1. The number of aliphatic hydroxyl groups is 1. The van der Waals surface area contributed by atoms with Crippen molar-refractivity contribution in [1.29, 1.82) is 0 Å². The first-order chi connectivity index (χ1) is 21.2. The minimum Gasteiger partial charge on any atom is -0.460 e. The van der Waals surface area contributed by atoms with Crippen molar-refractivity contribution in [1.82, 2.24) is 20.0 Å². The summed E-state index contributed by atoms with van der Waals surface area (Å²) in [4.78, 5) is 59.6. The number of hydrogen-bond donors (Lipinski definition) is 2. The molecule has 13 heteroatoms. The highest BCUT2D eigenvalue weighted by Gasteiger charge is 2.77. The highest BCUT2D eigenvalue weighted by Crippen LogP contribution is 2.60. The summed E-state index contributed by atoms with van der Waals surface area (Å²) in [5.41, 5.74) is -1.20. The first-order valence-electron chi connectivity index (χ1n) is 15.7. The molecule has 0 aromatic carbocycles. The second-order valence-corrected chi connectivity index (χ2v) is 13.2. The first-order valence-corrected chi connectivity index (χ1v) is 16.6. The molecule has 4 heterocycles. The van der Waals surface area contributed by atoms with Crippen molar-refractivity contribution in [3.05, 3.63) is 25.3 Å². The van der Waals surface area contributed by atoms with Gasteiger partial charge in [-0.25, -0.2) is 0 Å². The van der Waals surface area contributed by atoms with Crippen LogP contribution in [0.25, 0.3) is 0 Å². The summed E-state index contributed by atoms with van der Waals surface area (Å²) < 4.78 is 17.8. The molecule has 246 valence electrons. The summed E-state index contributed by atoms with van der Waals surface area (Å²) in [6.07, 6.45) is 4.29. The third-order valence-electron chi connectivity index (χ3n) is 9.03. The predicted octanol–water partition coefficient (Wildman–Crippen LogP) is 0.868. The molecule has 0 aliphatic carbocycles. The molecule has 4 fully saturated rings. The van der Waals surface area contributed by atoms with Crippen LogP contribution in [0.5, 0.6) is 0 Å². The van der Waals surface area contributed by atoms with Crippen LogP contribution in [0.2, 0.25) is 0 Å². The third kappa shape index (κ3) is 7.38. The maximum Gasteiger partial charge on any atom is 0.312 e. The van der Waals surface area contributed by atoms with E-state index in [9.17, 15) is 24.3 Å². The summed E-state index contributed by atoms with van der Waals surface area (Å²) in [6.45, 7) is 13.8. The second kappa shape index (κ2) is 15.8. The van der Waals surface area contributed by atoms with Crippen molar-refractivity contribution >= 4 is 39.6 Å². The number of unbranched alkanes of at least 4 members (excludes halogenated alkanes) is 1. The number of nitrogens with one attached hydrogen (secondary N) is 1. The molecule has 4 aliphatic heterocycles. The zero-order chi connectivity index (χ0) is 31.9. The van der Waals surface area contributed by atoms with Crippen LogP contribution < -0.4 is 5.32 Å². The third-order valence-corrected chi connectivity index (χ3v) is 9.88. The Morgan fingerprint density at radius 2 is 1.98 bits per heavy atom. The van der Waals surface area contributed by atoms with Gasteiger partial charge in [-0.2, -0.15) is 0 Å². The molecule has 2 bridgehead atoms. The van der Waals surface area contributed by atoms with E-state index in [1.165, 1.54) is 0 Å². The Labute approximate surface area is 268 Å². The maximum atomic E-state index is 14.4. The van der Waals surface area contributed by atoms with E-state index in [0.29, 0.717) is 65.0 Å². The fourth-order valence-electron chi connectivity index (χ4n) is 6.92. The van der Waals surface area contributed by atoms with E-state index in [1.54, 1.807) is 28.9 Å². The Bertz CT molecular complexity index is 1070. The lowest BCUT2D eigenvalue weighted by atomic mass is 9.70. The minimum absolute atomic E-state index is 0.0314.